The highest BCUT2D eigenvalue weighted by Gasteiger charge is 2.08. The third kappa shape index (κ3) is 2.56. The SMILES string of the molecule is O=C(Nc1cccc(Cl)c1)c1cc(Cl)c[nH]1. The van der Waals surface area contributed by atoms with E-state index >= 15 is 0 Å². The minimum absolute atomic E-state index is 0.255. The molecule has 1 aromatic carbocycles. The number of carbonyl (C=O) groups is 1. The van der Waals surface area contributed by atoms with Crippen LogP contribution in [0.15, 0.2) is 36.5 Å². The van der Waals surface area contributed by atoms with E-state index in [1.54, 1.807) is 36.5 Å². The van der Waals surface area contributed by atoms with Gasteiger partial charge in [-0.1, -0.05) is 29.3 Å². The van der Waals surface area contributed by atoms with Crippen LogP contribution in [0.2, 0.25) is 10.0 Å². The molecule has 5 heteroatoms. The van der Waals surface area contributed by atoms with E-state index < -0.39 is 0 Å². The van der Waals surface area contributed by atoms with Crippen molar-refractivity contribution < 1.29 is 4.79 Å². The van der Waals surface area contributed by atoms with Gasteiger partial charge in [0.25, 0.3) is 5.91 Å². The van der Waals surface area contributed by atoms with Crippen molar-refractivity contribution in [2.24, 2.45) is 0 Å². The number of benzene rings is 1. The van der Waals surface area contributed by atoms with Crippen molar-refractivity contribution in [3.05, 3.63) is 52.3 Å². The number of amides is 1. The van der Waals surface area contributed by atoms with E-state index in [0.29, 0.717) is 21.4 Å². The monoisotopic (exact) mass is 254 g/mol. The fourth-order valence-corrected chi connectivity index (χ4v) is 1.62. The van der Waals surface area contributed by atoms with E-state index in [-0.39, 0.29) is 5.91 Å². The van der Waals surface area contributed by atoms with E-state index in [2.05, 4.69) is 10.3 Å². The van der Waals surface area contributed by atoms with Crippen LogP contribution < -0.4 is 5.32 Å². The summed E-state index contributed by atoms with van der Waals surface area (Å²) in [6, 6.07) is 8.49. The van der Waals surface area contributed by atoms with Gasteiger partial charge in [0, 0.05) is 16.9 Å². The smallest absolute Gasteiger partial charge is 0.272 e. The molecule has 0 saturated heterocycles. The molecule has 0 aliphatic rings. The second-order valence-electron chi connectivity index (χ2n) is 3.20. The maximum atomic E-state index is 11.7. The van der Waals surface area contributed by atoms with E-state index in [1.807, 2.05) is 0 Å². The van der Waals surface area contributed by atoms with Crippen molar-refractivity contribution in [2.45, 2.75) is 0 Å². The summed E-state index contributed by atoms with van der Waals surface area (Å²) in [5.41, 5.74) is 1.05. The largest absolute Gasteiger partial charge is 0.356 e. The van der Waals surface area contributed by atoms with Gasteiger partial charge < -0.3 is 10.3 Å². The van der Waals surface area contributed by atoms with Crippen LogP contribution >= 0.6 is 23.2 Å². The number of aromatic amines is 1. The molecular formula is C11H8Cl2N2O. The average molecular weight is 255 g/mol. The zero-order valence-corrected chi connectivity index (χ0v) is 9.64. The lowest BCUT2D eigenvalue weighted by atomic mass is 10.3. The maximum Gasteiger partial charge on any atom is 0.272 e. The Bertz CT molecular complexity index is 522. The lowest BCUT2D eigenvalue weighted by Gasteiger charge is -2.03. The van der Waals surface area contributed by atoms with Gasteiger partial charge in [-0.15, -0.1) is 0 Å². The van der Waals surface area contributed by atoms with E-state index in [4.69, 9.17) is 23.2 Å². The van der Waals surface area contributed by atoms with Gasteiger partial charge in [0.2, 0.25) is 0 Å². The predicted molar refractivity (Wildman–Crippen MR) is 65.2 cm³/mol. The minimum atomic E-state index is -0.255. The summed E-state index contributed by atoms with van der Waals surface area (Å²) >= 11 is 11.5. The molecule has 1 amide bonds. The molecule has 0 aliphatic carbocycles. The van der Waals surface area contributed by atoms with Gasteiger partial charge in [-0.05, 0) is 24.3 Å². The standard InChI is InChI=1S/C11H8Cl2N2O/c12-7-2-1-3-9(4-7)15-11(16)10-5-8(13)6-14-10/h1-6,14H,(H,15,16). The second-order valence-corrected chi connectivity index (χ2v) is 4.07. The molecule has 2 rings (SSSR count). The van der Waals surface area contributed by atoms with Crippen molar-refractivity contribution in [2.75, 3.05) is 5.32 Å². The van der Waals surface area contributed by atoms with Crippen LogP contribution in [-0.4, -0.2) is 10.9 Å². The van der Waals surface area contributed by atoms with Crippen LogP contribution in [-0.2, 0) is 0 Å². The zero-order valence-electron chi connectivity index (χ0n) is 8.13. The molecule has 1 aromatic heterocycles. The predicted octanol–water partition coefficient (Wildman–Crippen LogP) is 3.57. The molecule has 2 aromatic rings. The zero-order chi connectivity index (χ0) is 11.5. The molecule has 0 radical (unpaired) electrons. The minimum Gasteiger partial charge on any atom is -0.356 e. The van der Waals surface area contributed by atoms with Crippen LogP contribution in [0, 0.1) is 0 Å². The number of H-pyrrole nitrogens is 1. The molecule has 1 heterocycles. The Morgan fingerprint density at radius 1 is 1.19 bits per heavy atom. The van der Waals surface area contributed by atoms with Crippen LogP contribution in [0.3, 0.4) is 0 Å². The molecule has 0 atom stereocenters. The topological polar surface area (TPSA) is 44.9 Å². The molecule has 0 unspecified atom stereocenters. The summed E-state index contributed by atoms with van der Waals surface area (Å²) in [5, 5.41) is 3.77. The van der Waals surface area contributed by atoms with Gasteiger partial charge in [-0.25, -0.2) is 0 Å². The molecule has 0 aliphatic heterocycles. The number of hydrogen-bond acceptors (Lipinski definition) is 1. The highest BCUT2D eigenvalue weighted by Crippen LogP contribution is 2.16. The average Bonchev–Trinajstić information content (AvgIpc) is 2.65. The fourth-order valence-electron chi connectivity index (χ4n) is 1.26. The highest BCUT2D eigenvalue weighted by atomic mass is 35.5. The first-order valence-corrected chi connectivity index (χ1v) is 5.31. The van der Waals surface area contributed by atoms with Gasteiger partial charge >= 0.3 is 0 Å². The third-order valence-electron chi connectivity index (χ3n) is 1.97. The number of rotatable bonds is 2. The number of nitrogens with one attached hydrogen (secondary N) is 2. The van der Waals surface area contributed by atoms with Crippen LogP contribution in [0.1, 0.15) is 10.5 Å². The molecule has 3 nitrogen and oxygen atoms in total. The van der Waals surface area contributed by atoms with Gasteiger partial charge in [-0.2, -0.15) is 0 Å². The number of carbonyl (C=O) groups excluding carboxylic acids is 1. The lowest BCUT2D eigenvalue weighted by Crippen LogP contribution is -2.11. The molecule has 0 saturated carbocycles. The maximum absolute atomic E-state index is 11.7. The van der Waals surface area contributed by atoms with Crippen molar-refractivity contribution in [1.29, 1.82) is 0 Å². The quantitative estimate of drug-likeness (QED) is 0.846. The van der Waals surface area contributed by atoms with Crippen molar-refractivity contribution >= 4 is 34.8 Å². The van der Waals surface area contributed by atoms with Gasteiger partial charge in [0.1, 0.15) is 5.69 Å². The first-order chi connectivity index (χ1) is 7.65. The summed E-state index contributed by atoms with van der Waals surface area (Å²) in [6.07, 6.45) is 1.55. The van der Waals surface area contributed by atoms with Crippen LogP contribution in [0.25, 0.3) is 0 Å². The molecule has 0 bridgehead atoms. The fraction of sp³-hybridized carbons (Fsp3) is 0. The first-order valence-electron chi connectivity index (χ1n) is 4.56. The first kappa shape index (κ1) is 11.0. The number of hydrogen-bond donors (Lipinski definition) is 2. The molecular weight excluding hydrogens is 247 g/mol. The number of halogens is 2. The van der Waals surface area contributed by atoms with Gasteiger partial charge in [-0.3, -0.25) is 4.79 Å². The Hall–Kier alpha value is -1.45. The second kappa shape index (κ2) is 4.60. The third-order valence-corrected chi connectivity index (χ3v) is 2.43. The van der Waals surface area contributed by atoms with Gasteiger partial charge in [0.05, 0.1) is 5.02 Å². The Morgan fingerprint density at radius 3 is 2.62 bits per heavy atom. The summed E-state index contributed by atoms with van der Waals surface area (Å²) < 4.78 is 0. The molecule has 0 fully saturated rings. The van der Waals surface area contributed by atoms with Crippen molar-refractivity contribution in [3.63, 3.8) is 0 Å². The summed E-state index contributed by atoms with van der Waals surface area (Å²) in [5.74, 6) is -0.255. The van der Waals surface area contributed by atoms with Crippen LogP contribution in [0.4, 0.5) is 5.69 Å². The summed E-state index contributed by atoms with van der Waals surface area (Å²) in [6.45, 7) is 0. The lowest BCUT2D eigenvalue weighted by molar-refractivity contribution is 0.102. The summed E-state index contributed by atoms with van der Waals surface area (Å²) in [4.78, 5) is 14.5. The Kier molecular flexibility index (Phi) is 3.17. The Balaban J connectivity index is 2.13. The highest BCUT2D eigenvalue weighted by molar-refractivity contribution is 6.31. The molecule has 2 N–H and O–H groups in total. The number of anilines is 1. The van der Waals surface area contributed by atoms with E-state index in [0.717, 1.165) is 0 Å². The summed E-state index contributed by atoms with van der Waals surface area (Å²) in [7, 11) is 0. The van der Waals surface area contributed by atoms with Crippen molar-refractivity contribution in [3.8, 4) is 0 Å². The van der Waals surface area contributed by atoms with Crippen molar-refractivity contribution in [1.82, 2.24) is 4.98 Å². The van der Waals surface area contributed by atoms with Gasteiger partial charge in [0.15, 0.2) is 0 Å². The Labute approximate surface area is 102 Å². The van der Waals surface area contributed by atoms with Crippen LogP contribution in [0.5, 0.6) is 0 Å². The normalized spacial score (nSPS) is 10.1. The molecule has 0 spiro atoms. The molecule has 16 heavy (non-hydrogen) atoms. The van der Waals surface area contributed by atoms with E-state index in [1.165, 1.54) is 0 Å². The Morgan fingerprint density at radius 2 is 2.00 bits per heavy atom. The van der Waals surface area contributed by atoms with E-state index in [9.17, 15) is 4.79 Å². The molecule has 82 valence electrons. The number of aromatic nitrogens is 1.